The fourth-order valence-corrected chi connectivity index (χ4v) is 1.93. The van der Waals surface area contributed by atoms with Gasteiger partial charge in [0.2, 0.25) is 0 Å². The third kappa shape index (κ3) is 3.81. The van der Waals surface area contributed by atoms with E-state index in [4.69, 9.17) is 23.8 Å². The number of thioether (sulfide) groups is 1. The van der Waals surface area contributed by atoms with Crippen molar-refractivity contribution in [2.45, 2.75) is 0 Å². The van der Waals surface area contributed by atoms with Crippen LogP contribution < -0.4 is 0 Å². The Kier molecular flexibility index (Phi) is 5.32. The SMILES string of the molecule is CSC(=S)/C(=C/N(C)C)c1ccc(Cl)cc1. The Morgan fingerprint density at radius 3 is 2.31 bits per heavy atom. The third-order valence-corrected chi connectivity index (χ3v) is 3.51. The molecule has 1 nitrogen and oxygen atoms in total. The molecule has 0 spiro atoms. The van der Waals surface area contributed by atoms with Crippen molar-refractivity contribution in [1.29, 1.82) is 0 Å². The van der Waals surface area contributed by atoms with Crippen LogP contribution in [0.25, 0.3) is 5.57 Å². The summed E-state index contributed by atoms with van der Waals surface area (Å²) in [6, 6.07) is 7.73. The lowest BCUT2D eigenvalue weighted by Gasteiger charge is -2.12. The summed E-state index contributed by atoms with van der Waals surface area (Å²) < 4.78 is 0.885. The van der Waals surface area contributed by atoms with Gasteiger partial charge in [-0.25, -0.2) is 0 Å². The molecule has 1 aromatic carbocycles. The van der Waals surface area contributed by atoms with Gasteiger partial charge in [0.05, 0.1) is 4.20 Å². The maximum Gasteiger partial charge on any atom is 0.0796 e. The zero-order valence-corrected chi connectivity index (χ0v) is 11.9. The predicted molar refractivity (Wildman–Crippen MR) is 79.2 cm³/mol. The molecule has 0 amide bonds. The van der Waals surface area contributed by atoms with Crippen molar-refractivity contribution in [2.24, 2.45) is 0 Å². The van der Waals surface area contributed by atoms with E-state index in [2.05, 4.69) is 0 Å². The molecule has 0 atom stereocenters. The first-order valence-electron chi connectivity index (χ1n) is 4.77. The van der Waals surface area contributed by atoms with Gasteiger partial charge in [-0.3, -0.25) is 0 Å². The quantitative estimate of drug-likeness (QED) is 0.606. The molecule has 0 bridgehead atoms. The Balaban J connectivity index is 3.11. The first-order valence-corrected chi connectivity index (χ1v) is 6.78. The zero-order valence-electron chi connectivity index (χ0n) is 9.53. The van der Waals surface area contributed by atoms with Crippen molar-refractivity contribution in [2.75, 3.05) is 20.4 Å². The van der Waals surface area contributed by atoms with E-state index in [9.17, 15) is 0 Å². The zero-order chi connectivity index (χ0) is 12.1. The number of halogens is 1. The fraction of sp³-hybridized carbons (Fsp3) is 0.250. The van der Waals surface area contributed by atoms with Crippen LogP contribution in [0.1, 0.15) is 5.56 Å². The summed E-state index contributed by atoms with van der Waals surface area (Å²) >= 11 is 12.8. The van der Waals surface area contributed by atoms with Crippen LogP contribution in [-0.4, -0.2) is 29.4 Å². The number of nitrogens with zero attached hydrogens (tertiary/aromatic N) is 1. The van der Waals surface area contributed by atoms with Crippen molar-refractivity contribution in [1.82, 2.24) is 4.90 Å². The molecule has 0 N–H and O–H groups in total. The van der Waals surface area contributed by atoms with Crippen LogP contribution in [0, 0.1) is 0 Å². The summed E-state index contributed by atoms with van der Waals surface area (Å²) in [5, 5.41) is 0.739. The lowest BCUT2D eigenvalue weighted by Crippen LogP contribution is -2.05. The molecule has 0 saturated carbocycles. The standard InChI is InChI=1S/C12H14ClNS2/c1-14(2)8-11(12(15)16-3)9-4-6-10(13)7-5-9/h4-8H,1-3H3/b11-8+. The molecule has 1 aromatic rings. The summed E-state index contributed by atoms with van der Waals surface area (Å²) in [6.45, 7) is 0. The van der Waals surface area contributed by atoms with Crippen LogP contribution >= 0.6 is 35.6 Å². The number of benzene rings is 1. The van der Waals surface area contributed by atoms with Gasteiger partial charge in [-0.2, -0.15) is 0 Å². The molecule has 0 aromatic heterocycles. The van der Waals surface area contributed by atoms with E-state index >= 15 is 0 Å². The van der Waals surface area contributed by atoms with E-state index in [-0.39, 0.29) is 0 Å². The maximum atomic E-state index is 5.87. The lowest BCUT2D eigenvalue weighted by atomic mass is 10.1. The van der Waals surface area contributed by atoms with E-state index in [1.807, 2.05) is 55.7 Å². The van der Waals surface area contributed by atoms with Crippen LogP contribution in [-0.2, 0) is 0 Å². The van der Waals surface area contributed by atoms with Gasteiger partial charge in [0, 0.05) is 30.9 Å². The second-order valence-electron chi connectivity index (χ2n) is 3.50. The highest BCUT2D eigenvalue weighted by Crippen LogP contribution is 2.23. The normalized spacial score (nSPS) is 11.4. The molecule has 86 valence electrons. The monoisotopic (exact) mass is 271 g/mol. The molecule has 0 aliphatic carbocycles. The molecule has 0 unspecified atom stereocenters. The van der Waals surface area contributed by atoms with Crippen LogP contribution in [0.3, 0.4) is 0 Å². The minimum atomic E-state index is 0.739. The minimum Gasteiger partial charge on any atom is -0.383 e. The molecule has 0 radical (unpaired) electrons. The van der Waals surface area contributed by atoms with E-state index in [0.717, 1.165) is 20.4 Å². The van der Waals surface area contributed by atoms with Gasteiger partial charge in [0.25, 0.3) is 0 Å². The molecule has 1 rings (SSSR count). The molecule has 0 aliphatic heterocycles. The summed E-state index contributed by atoms with van der Waals surface area (Å²) in [5.41, 5.74) is 2.15. The largest absolute Gasteiger partial charge is 0.383 e. The van der Waals surface area contributed by atoms with Gasteiger partial charge in [-0.1, -0.05) is 36.0 Å². The van der Waals surface area contributed by atoms with Gasteiger partial charge < -0.3 is 4.90 Å². The van der Waals surface area contributed by atoms with Crippen molar-refractivity contribution >= 4 is 45.4 Å². The number of hydrogen-bond acceptors (Lipinski definition) is 3. The molecular weight excluding hydrogens is 258 g/mol. The predicted octanol–water partition coefficient (Wildman–Crippen LogP) is 3.93. The maximum absolute atomic E-state index is 5.87. The molecule has 0 saturated heterocycles. The Morgan fingerprint density at radius 1 is 1.31 bits per heavy atom. The smallest absolute Gasteiger partial charge is 0.0796 e. The van der Waals surface area contributed by atoms with Gasteiger partial charge in [0.1, 0.15) is 0 Å². The van der Waals surface area contributed by atoms with Crippen molar-refractivity contribution in [3.63, 3.8) is 0 Å². The fourth-order valence-electron chi connectivity index (χ4n) is 1.24. The van der Waals surface area contributed by atoms with Crippen LogP contribution in [0.15, 0.2) is 30.5 Å². The minimum absolute atomic E-state index is 0.739. The van der Waals surface area contributed by atoms with Crippen molar-refractivity contribution in [3.05, 3.63) is 41.1 Å². The summed E-state index contributed by atoms with van der Waals surface area (Å²) in [6.07, 6.45) is 4.02. The second-order valence-corrected chi connectivity index (χ2v) is 5.42. The van der Waals surface area contributed by atoms with Gasteiger partial charge in [-0.15, -0.1) is 11.8 Å². The Morgan fingerprint density at radius 2 is 1.88 bits per heavy atom. The number of rotatable bonds is 3. The summed E-state index contributed by atoms with van der Waals surface area (Å²) in [7, 11) is 3.97. The van der Waals surface area contributed by atoms with Gasteiger partial charge in [-0.05, 0) is 24.0 Å². The summed E-state index contributed by atoms with van der Waals surface area (Å²) in [5.74, 6) is 0. The van der Waals surface area contributed by atoms with Crippen molar-refractivity contribution < 1.29 is 0 Å². The third-order valence-electron chi connectivity index (χ3n) is 1.95. The van der Waals surface area contributed by atoms with Gasteiger partial charge in [0.15, 0.2) is 0 Å². The second kappa shape index (κ2) is 6.28. The Hall–Kier alpha value is -0.510. The molecular formula is C12H14ClNS2. The molecule has 0 aliphatic rings. The topological polar surface area (TPSA) is 3.24 Å². The van der Waals surface area contributed by atoms with Crippen LogP contribution in [0.2, 0.25) is 5.02 Å². The summed E-state index contributed by atoms with van der Waals surface area (Å²) in [4.78, 5) is 1.99. The molecule has 16 heavy (non-hydrogen) atoms. The van der Waals surface area contributed by atoms with E-state index in [1.165, 1.54) is 0 Å². The molecule has 0 heterocycles. The van der Waals surface area contributed by atoms with Crippen molar-refractivity contribution in [3.8, 4) is 0 Å². The van der Waals surface area contributed by atoms with E-state index in [0.29, 0.717) is 0 Å². The average molecular weight is 272 g/mol. The van der Waals surface area contributed by atoms with Crippen LogP contribution in [0.4, 0.5) is 0 Å². The van der Waals surface area contributed by atoms with E-state index in [1.54, 1.807) is 11.8 Å². The first kappa shape index (κ1) is 13.6. The van der Waals surface area contributed by atoms with E-state index < -0.39 is 0 Å². The average Bonchev–Trinajstić information content (AvgIpc) is 2.26. The number of hydrogen-bond donors (Lipinski definition) is 0. The highest BCUT2D eigenvalue weighted by molar-refractivity contribution is 8.24. The Labute approximate surface area is 111 Å². The molecule has 0 fully saturated rings. The first-order chi connectivity index (χ1) is 7.54. The highest BCUT2D eigenvalue weighted by atomic mass is 35.5. The van der Waals surface area contributed by atoms with Crippen LogP contribution in [0.5, 0.6) is 0 Å². The Bertz CT molecular complexity index is 396. The lowest BCUT2D eigenvalue weighted by molar-refractivity contribution is 0.566. The number of thiocarbonyl (C=S) groups is 1. The highest BCUT2D eigenvalue weighted by Gasteiger charge is 2.07. The van der Waals surface area contributed by atoms with Gasteiger partial charge >= 0.3 is 0 Å². The molecule has 4 heteroatoms.